The van der Waals surface area contributed by atoms with E-state index in [1.54, 1.807) is 0 Å². The highest BCUT2D eigenvalue weighted by Crippen LogP contribution is 2.22. The molecule has 120 valence electrons. The fraction of sp³-hybridized carbons (Fsp3) is 0.211. The highest BCUT2D eigenvalue weighted by atomic mass is 79.9. The zero-order valence-electron chi connectivity index (χ0n) is 13.7. The summed E-state index contributed by atoms with van der Waals surface area (Å²) in [7, 11) is 4.12. The van der Waals surface area contributed by atoms with Gasteiger partial charge in [0.05, 0.1) is 0 Å². The van der Waals surface area contributed by atoms with Gasteiger partial charge in [-0.05, 0) is 36.8 Å². The molecule has 0 aliphatic rings. The average Bonchev–Trinajstić information content (AvgIpc) is 2.90. The fourth-order valence-electron chi connectivity index (χ4n) is 2.55. The van der Waals surface area contributed by atoms with Crippen molar-refractivity contribution in [3.05, 3.63) is 59.1 Å². The summed E-state index contributed by atoms with van der Waals surface area (Å²) in [5.74, 6) is 0. The molecule has 0 radical (unpaired) electrons. The van der Waals surface area contributed by atoms with E-state index in [4.69, 9.17) is 0 Å². The summed E-state index contributed by atoms with van der Waals surface area (Å²) < 4.78 is 3.71. The number of hydrogen-bond acceptors (Lipinski definition) is 2. The van der Waals surface area contributed by atoms with E-state index in [2.05, 4.69) is 91.2 Å². The summed E-state index contributed by atoms with van der Waals surface area (Å²) in [5.41, 5.74) is 3.77. The summed E-state index contributed by atoms with van der Waals surface area (Å²) in [6, 6.07) is 17.2. The topological polar surface area (TPSA) is 7.12 Å². The number of hydrogen-bond donors (Lipinski definition) is 0. The lowest BCUT2D eigenvalue weighted by molar-refractivity contribution is -0.665. The van der Waals surface area contributed by atoms with E-state index in [-0.39, 0.29) is 17.0 Å². The van der Waals surface area contributed by atoms with Crippen LogP contribution < -0.4 is 26.4 Å². The van der Waals surface area contributed by atoms with Crippen LogP contribution in [-0.2, 0) is 6.54 Å². The Hall–Kier alpha value is -1.65. The summed E-state index contributed by atoms with van der Waals surface area (Å²) in [6.45, 7) is 3.19. The van der Waals surface area contributed by atoms with Gasteiger partial charge in [-0.2, -0.15) is 4.57 Å². The molecule has 0 N–H and O–H groups in total. The van der Waals surface area contributed by atoms with Crippen LogP contribution in [0.1, 0.15) is 17.5 Å². The van der Waals surface area contributed by atoms with Crippen LogP contribution in [0, 0.1) is 0 Å². The minimum Gasteiger partial charge on any atom is -1.00 e. The van der Waals surface area contributed by atoms with Gasteiger partial charge in [-0.25, -0.2) is 0 Å². The van der Waals surface area contributed by atoms with Gasteiger partial charge in [-0.1, -0.05) is 35.6 Å². The number of aromatic nitrogens is 1. The lowest BCUT2D eigenvalue weighted by Crippen LogP contribution is -3.00. The van der Waals surface area contributed by atoms with Crippen molar-refractivity contribution in [1.82, 2.24) is 0 Å². The maximum absolute atomic E-state index is 2.37. The first-order valence-electron chi connectivity index (χ1n) is 7.56. The van der Waals surface area contributed by atoms with Gasteiger partial charge < -0.3 is 21.9 Å². The molecule has 1 aromatic heterocycles. The number of thiazole rings is 1. The normalized spacial score (nSPS) is 10.9. The standard InChI is InChI=1S/C19H21N2S.BrH/c1-4-21-17-7-5-6-8-18(17)22-19(21)14-11-15-9-12-16(13-10-15)20(2)3;/h5-14H,4H2,1-3H3;1H/q+1;/p-1. The summed E-state index contributed by atoms with van der Waals surface area (Å²) in [4.78, 5) is 2.12. The number of fused-ring (bicyclic) bond motifs is 1. The lowest BCUT2D eigenvalue weighted by atomic mass is 10.2. The molecule has 0 amide bonds. The minimum atomic E-state index is 0. The van der Waals surface area contributed by atoms with Gasteiger partial charge in [0.25, 0.3) is 5.01 Å². The van der Waals surface area contributed by atoms with Crippen molar-refractivity contribution in [3.8, 4) is 0 Å². The van der Waals surface area contributed by atoms with Crippen LogP contribution in [0.25, 0.3) is 22.4 Å². The Morgan fingerprint density at radius 1 is 1.00 bits per heavy atom. The van der Waals surface area contributed by atoms with Crippen LogP contribution in [-0.4, -0.2) is 14.1 Å². The number of halogens is 1. The monoisotopic (exact) mass is 388 g/mol. The molecule has 3 aromatic rings. The van der Waals surface area contributed by atoms with Crippen molar-refractivity contribution in [1.29, 1.82) is 0 Å². The molecule has 3 rings (SSSR count). The maximum Gasteiger partial charge on any atom is 0.262 e. The molecule has 1 heterocycles. The third-order valence-electron chi connectivity index (χ3n) is 3.78. The van der Waals surface area contributed by atoms with Crippen molar-refractivity contribution in [3.63, 3.8) is 0 Å². The predicted molar refractivity (Wildman–Crippen MR) is 97.4 cm³/mol. The van der Waals surface area contributed by atoms with Gasteiger partial charge in [0.15, 0.2) is 0 Å². The van der Waals surface area contributed by atoms with Crippen LogP contribution in [0.15, 0.2) is 48.5 Å². The molecule has 23 heavy (non-hydrogen) atoms. The molecule has 2 nitrogen and oxygen atoms in total. The number of nitrogens with zero attached hydrogens (tertiary/aromatic N) is 2. The van der Waals surface area contributed by atoms with Crippen LogP contribution >= 0.6 is 11.3 Å². The SMILES string of the molecule is CC[n+]1c(/C=C/c2ccc(N(C)C)cc2)sc2ccccc21.[Br-]. The molecule has 0 saturated heterocycles. The highest BCUT2D eigenvalue weighted by molar-refractivity contribution is 7.18. The van der Waals surface area contributed by atoms with E-state index in [9.17, 15) is 0 Å². The van der Waals surface area contributed by atoms with E-state index >= 15 is 0 Å². The van der Waals surface area contributed by atoms with Crippen LogP contribution in [0.3, 0.4) is 0 Å². The largest absolute Gasteiger partial charge is 1.00 e. The van der Waals surface area contributed by atoms with Gasteiger partial charge in [-0.15, -0.1) is 0 Å². The average molecular weight is 389 g/mol. The Kier molecular flexibility index (Phi) is 5.97. The van der Waals surface area contributed by atoms with E-state index in [0.29, 0.717) is 0 Å². The first-order valence-corrected chi connectivity index (χ1v) is 8.37. The second-order valence-corrected chi connectivity index (χ2v) is 6.53. The molecule has 0 saturated carbocycles. The van der Waals surface area contributed by atoms with Gasteiger partial charge in [0, 0.05) is 31.9 Å². The molecule has 0 fully saturated rings. The number of para-hydroxylation sites is 1. The molecule has 0 atom stereocenters. The smallest absolute Gasteiger partial charge is 0.262 e. The number of benzene rings is 2. The second-order valence-electron chi connectivity index (χ2n) is 5.47. The molecule has 0 aliphatic carbocycles. The van der Waals surface area contributed by atoms with E-state index in [0.717, 1.165) is 6.54 Å². The van der Waals surface area contributed by atoms with Crippen molar-refractivity contribution in [2.45, 2.75) is 13.5 Å². The van der Waals surface area contributed by atoms with Crippen molar-refractivity contribution < 1.29 is 21.5 Å². The highest BCUT2D eigenvalue weighted by Gasteiger charge is 2.15. The summed E-state index contributed by atoms with van der Waals surface area (Å²) >= 11 is 1.84. The zero-order valence-corrected chi connectivity index (χ0v) is 16.1. The first-order chi connectivity index (χ1) is 10.7. The quantitative estimate of drug-likeness (QED) is 0.613. The third-order valence-corrected chi connectivity index (χ3v) is 4.91. The molecular formula is C19H21BrN2S. The van der Waals surface area contributed by atoms with Gasteiger partial charge in [0.2, 0.25) is 5.52 Å². The molecule has 2 aromatic carbocycles. The number of aryl methyl sites for hydroxylation is 1. The van der Waals surface area contributed by atoms with E-state index in [1.807, 2.05) is 11.3 Å². The summed E-state index contributed by atoms with van der Waals surface area (Å²) in [6.07, 6.45) is 4.41. The molecule has 0 spiro atoms. The molecule has 0 aliphatic heterocycles. The molecular weight excluding hydrogens is 368 g/mol. The molecule has 0 bridgehead atoms. The van der Waals surface area contributed by atoms with Crippen LogP contribution in [0.2, 0.25) is 0 Å². The second kappa shape index (κ2) is 7.75. The molecule has 4 heteroatoms. The number of anilines is 1. The van der Waals surface area contributed by atoms with E-state index < -0.39 is 0 Å². The van der Waals surface area contributed by atoms with Gasteiger partial charge in [-0.3, -0.25) is 0 Å². The minimum absolute atomic E-state index is 0. The third kappa shape index (κ3) is 3.82. The Morgan fingerprint density at radius 2 is 1.70 bits per heavy atom. The number of rotatable bonds is 4. The van der Waals surface area contributed by atoms with Crippen LogP contribution in [0.5, 0.6) is 0 Å². The Morgan fingerprint density at radius 3 is 2.35 bits per heavy atom. The predicted octanol–water partition coefficient (Wildman–Crippen LogP) is 1.45. The first kappa shape index (κ1) is 17.7. The van der Waals surface area contributed by atoms with Crippen LogP contribution in [0.4, 0.5) is 5.69 Å². The van der Waals surface area contributed by atoms with E-state index in [1.165, 1.54) is 26.5 Å². The molecule has 0 unspecified atom stereocenters. The van der Waals surface area contributed by atoms with Gasteiger partial charge >= 0.3 is 0 Å². The van der Waals surface area contributed by atoms with Crippen molar-refractivity contribution in [2.75, 3.05) is 19.0 Å². The van der Waals surface area contributed by atoms with Gasteiger partial charge in [0.1, 0.15) is 11.2 Å². The van der Waals surface area contributed by atoms with Crippen molar-refractivity contribution in [2.24, 2.45) is 0 Å². The lowest BCUT2D eigenvalue weighted by Gasteiger charge is -2.11. The maximum atomic E-state index is 2.37. The Balaban J connectivity index is 0.00000192. The summed E-state index contributed by atoms with van der Waals surface area (Å²) in [5, 5.41) is 1.29. The Bertz CT molecular complexity index is 804. The Labute approximate surface area is 152 Å². The zero-order chi connectivity index (χ0) is 15.5. The van der Waals surface area contributed by atoms with Crippen molar-refractivity contribution >= 4 is 39.4 Å². The fourth-order valence-corrected chi connectivity index (χ4v) is 3.68.